The number of para-hydroxylation sites is 2. The third-order valence-corrected chi connectivity index (χ3v) is 3.50. The van der Waals surface area contributed by atoms with Crippen molar-refractivity contribution in [2.24, 2.45) is 0 Å². The summed E-state index contributed by atoms with van der Waals surface area (Å²) in [6.45, 7) is 0. The lowest BCUT2D eigenvalue weighted by Gasteiger charge is -2.07. The van der Waals surface area contributed by atoms with E-state index >= 15 is 0 Å². The second-order valence-electron chi connectivity index (χ2n) is 5.06. The smallest absolute Gasteiger partial charge is 0.525 e. The molecule has 0 amide bonds. The zero-order chi connectivity index (χ0) is 15.5. The Labute approximate surface area is 134 Å². The summed E-state index contributed by atoms with van der Waals surface area (Å²) < 4.78 is 11.0. The maximum absolute atomic E-state index is 5.49. The molecule has 2 aromatic carbocycles. The van der Waals surface area contributed by atoms with Gasteiger partial charge >= 0.3 is 7.69 Å². The number of rotatable bonds is 4. The van der Waals surface area contributed by atoms with Gasteiger partial charge in [-0.05, 0) is 24.3 Å². The highest BCUT2D eigenvalue weighted by Crippen LogP contribution is 2.19. The van der Waals surface area contributed by atoms with Crippen molar-refractivity contribution in [1.82, 2.24) is 9.97 Å². The molecule has 0 atom stereocenters. The molecule has 0 aliphatic heterocycles. The van der Waals surface area contributed by atoms with Crippen LogP contribution in [0.15, 0.2) is 73.1 Å². The molecule has 0 bridgehead atoms. The Hall–Kier alpha value is -3.08. The van der Waals surface area contributed by atoms with Gasteiger partial charge in [0.05, 0.1) is 23.4 Å². The van der Waals surface area contributed by atoms with Gasteiger partial charge < -0.3 is 9.31 Å². The van der Waals surface area contributed by atoms with E-state index < -0.39 is 0 Å². The van der Waals surface area contributed by atoms with Gasteiger partial charge in [0.25, 0.3) is 0 Å². The molecule has 0 N–H and O–H groups in total. The molecule has 0 fully saturated rings. The molecule has 5 heteroatoms. The van der Waals surface area contributed by atoms with Gasteiger partial charge in [-0.1, -0.05) is 36.4 Å². The average molecular weight is 299 g/mol. The van der Waals surface area contributed by atoms with Crippen LogP contribution in [0, 0.1) is 0 Å². The molecule has 23 heavy (non-hydrogen) atoms. The van der Waals surface area contributed by atoms with E-state index in [0.717, 1.165) is 21.8 Å². The number of benzene rings is 2. The predicted octanol–water partition coefficient (Wildman–Crippen LogP) is 3.78. The van der Waals surface area contributed by atoms with Gasteiger partial charge in [-0.2, -0.15) is 0 Å². The molecule has 109 valence electrons. The van der Waals surface area contributed by atoms with Gasteiger partial charge in [-0.25, -0.2) is 0 Å². The number of hydrogen-bond donors (Lipinski definition) is 0. The van der Waals surface area contributed by atoms with Gasteiger partial charge in [-0.3, -0.25) is 9.97 Å². The van der Waals surface area contributed by atoms with E-state index in [1.165, 1.54) is 7.69 Å². The minimum Gasteiger partial charge on any atom is -0.525 e. The largest absolute Gasteiger partial charge is 0.658 e. The van der Waals surface area contributed by atoms with Crippen LogP contribution in [0.4, 0.5) is 0 Å². The van der Waals surface area contributed by atoms with E-state index in [1.54, 1.807) is 12.4 Å². The lowest BCUT2D eigenvalue weighted by Crippen LogP contribution is -2.11. The molecule has 0 saturated heterocycles. The van der Waals surface area contributed by atoms with Crippen LogP contribution >= 0.6 is 0 Å². The zero-order valence-corrected chi connectivity index (χ0v) is 12.2. The van der Waals surface area contributed by atoms with Gasteiger partial charge in [0.15, 0.2) is 0 Å². The van der Waals surface area contributed by atoms with E-state index in [2.05, 4.69) is 9.97 Å². The Morgan fingerprint density at radius 3 is 1.65 bits per heavy atom. The summed E-state index contributed by atoms with van der Waals surface area (Å²) in [6.07, 6.45) is 3.33. The normalized spacial score (nSPS) is 10.6. The van der Waals surface area contributed by atoms with E-state index in [-0.39, 0.29) is 0 Å². The molecule has 0 unspecified atom stereocenters. The second-order valence-corrected chi connectivity index (χ2v) is 5.06. The quantitative estimate of drug-likeness (QED) is 0.538. The number of fused-ring (bicyclic) bond motifs is 2. The standard InChI is InChI=1S/C18H12BN2O2/c1-3-7-17-13(5-1)9-15(11-20-17)22-19-23-16-10-14-6-2-4-8-18(14)21-12-16/h1-12H. The lowest BCUT2D eigenvalue weighted by molar-refractivity contribution is 0.457. The first-order valence-corrected chi connectivity index (χ1v) is 7.23. The first kappa shape index (κ1) is 13.6. The van der Waals surface area contributed by atoms with Crippen molar-refractivity contribution < 1.29 is 9.31 Å². The van der Waals surface area contributed by atoms with Crippen LogP contribution in [0.1, 0.15) is 0 Å². The van der Waals surface area contributed by atoms with Crippen molar-refractivity contribution in [2.75, 3.05) is 0 Å². The monoisotopic (exact) mass is 299 g/mol. The molecule has 1 radical (unpaired) electrons. The van der Waals surface area contributed by atoms with Crippen LogP contribution in [0.3, 0.4) is 0 Å². The molecular formula is C18H12BN2O2. The highest BCUT2D eigenvalue weighted by atomic mass is 16.6. The van der Waals surface area contributed by atoms with Crippen molar-refractivity contribution in [3.05, 3.63) is 73.1 Å². The number of pyridine rings is 2. The lowest BCUT2D eigenvalue weighted by atomic mass is 10.2. The summed E-state index contributed by atoms with van der Waals surface area (Å²) in [6, 6.07) is 19.6. The van der Waals surface area contributed by atoms with Crippen LogP contribution in [0.5, 0.6) is 11.5 Å². The first-order valence-electron chi connectivity index (χ1n) is 7.23. The van der Waals surface area contributed by atoms with Crippen molar-refractivity contribution in [1.29, 1.82) is 0 Å². The minimum atomic E-state index is 0.623. The summed E-state index contributed by atoms with van der Waals surface area (Å²) in [7, 11) is 1.29. The Kier molecular flexibility index (Phi) is 3.52. The fraction of sp³-hybridized carbons (Fsp3) is 0. The first-order chi connectivity index (χ1) is 11.4. The van der Waals surface area contributed by atoms with Crippen molar-refractivity contribution >= 4 is 29.5 Å². The van der Waals surface area contributed by atoms with E-state index in [4.69, 9.17) is 9.31 Å². The number of aromatic nitrogens is 2. The Balaban J connectivity index is 1.45. The topological polar surface area (TPSA) is 44.2 Å². The number of hydrogen-bond acceptors (Lipinski definition) is 4. The highest BCUT2D eigenvalue weighted by Gasteiger charge is 2.04. The van der Waals surface area contributed by atoms with Gasteiger partial charge in [0.1, 0.15) is 11.5 Å². The van der Waals surface area contributed by atoms with Crippen molar-refractivity contribution in [3.63, 3.8) is 0 Å². The van der Waals surface area contributed by atoms with Crippen LogP contribution in [0.25, 0.3) is 21.8 Å². The maximum Gasteiger partial charge on any atom is 0.658 e. The van der Waals surface area contributed by atoms with Crippen molar-refractivity contribution in [2.45, 2.75) is 0 Å². The second kappa shape index (κ2) is 5.97. The van der Waals surface area contributed by atoms with Crippen molar-refractivity contribution in [3.8, 4) is 11.5 Å². The minimum absolute atomic E-state index is 0.623. The van der Waals surface area contributed by atoms with E-state index in [0.29, 0.717) is 11.5 Å². The SMILES string of the molecule is [B](Oc1cnc2ccccc2c1)Oc1cnc2ccccc2c1. The van der Waals surface area contributed by atoms with Gasteiger partial charge in [0, 0.05) is 10.8 Å². The summed E-state index contributed by atoms with van der Waals surface area (Å²) in [5.41, 5.74) is 1.86. The van der Waals surface area contributed by atoms with E-state index in [1.807, 2.05) is 60.7 Å². The molecule has 2 heterocycles. The highest BCUT2D eigenvalue weighted by molar-refractivity contribution is 6.20. The molecule has 0 aliphatic rings. The van der Waals surface area contributed by atoms with E-state index in [9.17, 15) is 0 Å². The third kappa shape index (κ3) is 2.94. The third-order valence-electron chi connectivity index (χ3n) is 3.50. The zero-order valence-electron chi connectivity index (χ0n) is 12.2. The summed E-state index contributed by atoms with van der Waals surface area (Å²) in [5, 5.41) is 2.04. The fourth-order valence-electron chi connectivity index (χ4n) is 2.37. The maximum atomic E-state index is 5.49. The predicted molar refractivity (Wildman–Crippen MR) is 90.5 cm³/mol. The number of nitrogens with zero attached hydrogens (tertiary/aromatic N) is 2. The molecule has 4 rings (SSSR count). The van der Waals surface area contributed by atoms with Crippen LogP contribution in [-0.2, 0) is 0 Å². The van der Waals surface area contributed by atoms with Gasteiger partial charge in [-0.15, -0.1) is 0 Å². The molecule has 2 aromatic heterocycles. The van der Waals surface area contributed by atoms with Crippen LogP contribution in [-0.4, -0.2) is 17.7 Å². The van der Waals surface area contributed by atoms with Crippen LogP contribution < -0.4 is 9.31 Å². The Bertz CT molecular complexity index is 896. The molecular weight excluding hydrogens is 287 g/mol. The molecule has 4 nitrogen and oxygen atoms in total. The molecule has 0 aliphatic carbocycles. The molecule has 4 aromatic rings. The average Bonchev–Trinajstić information content (AvgIpc) is 2.61. The molecule has 0 saturated carbocycles. The summed E-state index contributed by atoms with van der Waals surface area (Å²) in [5.74, 6) is 1.25. The Morgan fingerprint density at radius 2 is 1.13 bits per heavy atom. The van der Waals surface area contributed by atoms with Crippen LogP contribution in [0.2, 0.25) is 0 Å². The fourth-order valence-corrected chi connectivity index (χ4v) is 2.37. The Morgan fingerprint density at radius 1 is 0.652 bits per heavy atom. The van der Waals surface area contributed by atoms with Gasteiger partial charge in [0.2, 0.25) is 0 Å². The summed E-state index contributed by atoms with van der Waals surface area (Å²) >= 11 is 0. The molecule has 0 spiro atoms. The summed E-state index contributed by atoms with van der Waals surface area (Å²) in [4.78, 5) is 8.67.